The van der Waals surface area contributed by atoms with Gasteiger partial charge in [-0.3, -0.25) is 4.98 Å². The summed E-state index contributed by atoms with van der Waals surface area (Å²) < 4.78 is 1.35. The fourth-order valence-corrected chi connectivity index (χ4v) is 4.75. The number of aryl methyl sites for hydroxylation is 2. The van der Waals surface area contributed by atoms with Crippen LogP contribution in [0.25, 0.3) is 27.3 Å². The topological polar surface area (TPSA) is 63.0 Å². The highest BCUT2D eigenvalue weighted by atomic mass is 35.5. The lowest BCUT2D eigenvalue weighted by atomic mass is 10.2. The fourth-order valence-electron chi connectivity index (χ4n) is 3.25. The van der Waals surface area contributed by atoms with E-state index in [4.69, 9.17) is 11.6 Å². The summed E-state index contributed by atoms with van der Waals surface area (Å²) in [4.78, 5) is 22.1. The van der Waals surface area contributed by atoms with Crippen molar-refractivity contribution in [2.24, 2.45) is 0 Å². The van der Waals surface area contributed by atoms with Crippen molar-refractivity contribution in [2.75, 3.05) is 0 Å². The number of hydrogen-bond acceptors (Lipinski definition) is 4. The fraction of sp³-hybridized carbons (Fsp3) is 0.188. The molecule has 1 aromatic carbocycles. The van der Waals surface area contributed by atoms with Gasteiger partial charge in [-0.25, -0.2) is 9.78 Å². The van der Waals surface area contributed by atoms with E-state index in [0.717, 1.165) is 35.0 Å². The molecule has 0 bridgehead atoms. The predicted molar refractivity (Wildman–Crippen MR) is 91.5 cm³/mol. The van der Waals surface area contributed by atoms with Crippen molar-refractivity contribution in [1.82, 2.24) is 19.6 Å². The predicted octanol–water partition coefficient (Wildman–Crippen LogP) is 3.44. The van der Waals surface area contributed by atoms with E-state index >= 15 is 0 Å². The number of nitrogens with one attached hydrogen (secondary N) is 1. The number of fused-ring (bicyclic) bond motifs is 5. The van der Waals surface area contributed by atoms with E-state index in [1.807, 2.05) is 18.2 Å². The van der Waals surface area contributed by atoms with Gasteiger partial charge in [0.25, 0.3) is 0 Å². The Kier molecular flexibility index (Phi) is 2.69. The minimum Gasteiger partial charge on any atom is -0.297 e. The molecular formula is C16H11ClN4OS. The molecule has 0 amide bonds. The largest absolute Gasteiger partial charge is 0.349 e. The Morgan fingerprint density at radius 1 is 1.26 bits per heavy atom. The molecule has 0 radical (unpaired) electrons. The highest BCUT2D eigenvalue weighted by Gasteiger charge is 2.23. The third-order valence-electron chi connectivity index (χ3n) is 4.28. The van der Waals surface area contributed by atoms with Gasteiger partial charge in [0.1, 0.15) is 4.83 Å². The van der Waals surface area contributed by atoms with Crippen LogP contribution in [0.4, 0.5) is 0 Å². The van der Waals surface area contributed by atoms with Crippen molar-refractivity contribution < 1.29 is 0 Å². The molecular weight excluding hydrogens is 332 g/mol. The standard InChI is InChI=1S/C16H11ClN4OS/c17-10-6-2-1-4-8(10)13-18-14-12-9-5-3-7-11(9)23-15(12)19-16(22)21(14)20-13/h1-2,4,6H,3,5,7H2,(H,19,22). The summed E-state index contributed by atoms with van der Waals surface area (Å²) in [5.74, 6) is 0.478. The van der Waals surface area contributed by atoms with Crippen LogP contribution in [-0.4, -0.2) is 19.6 Å². The lowest BCUT2D eigenvalue weighted by Gasteiger charge is -1.96. The lowest BCUT2D eigenvalue weighted by Crippen LogP contribution is -2.17. The Morgan fingerprint density at radius 3 is 3.00 bits per heavy atom. The van der Waals surface area contributed by atoms with Crippen LogP contribution in [0.15, 0.2) is 29.1 Å². The summed E-state index contributed by atoms with van der Waals surface area (Å²) in [5.41, 5.74) is 2.40. The molecule has 3 heterocycles. The highest BCUT2D eigenvalue weighted by molar-refractivity contribution is 7.19. The van der Waals surface area contributed by atoms with Crippen LogP contribution in [0, 0.1) is 0 Å². The van der Waals surface area contributed by atoms with Crippen molar-refractivity contribution in [3.63, 3.8) is 0 Å². The lowest BCUT2D eigenvalue weighted by molar-refractivity contribution is 0.884. The zero-order chi connectivity index (χ0) is 15.6. The van der Waals surface area contributed by atoms with E-state index in [0.29, 0.717) is 16.5 Å². The normalized spacial score (nSPS) is 14.0. The van der Waals surface area contributed by atoms with Gasteiger partial charge >= 0.3 is 5.69 Å². The molecule has 4 aromatic rings. The minimum atomic E-state index is -0.266. The molecule has 0 spiro atoms. The maximum atomic E-state index is 12.3. The van der Waals surface area contributed by atoms with E-state index in [2.05, 4.69) is 15.1 Å². The average Bonchev–Trinajstić information content (AvgIpc) is 3.20. The maximum absolute atomic E-state index is 12.3. The number of rotatable bonds is 1. The van der Waals surface area contributed by atoms with Crippen molar-refractivity contribution in [2.45, 2.75) is 19.3 Å². The number of hydrogen-bond donors (Lipinski definition) is 1. The molecule has 1 aliphatic rings. The summed E-state index contributed by atoms with van der Waals surface area (Å²) in [6.45, 7) is 0. The van der Waals surface area contributed by atoms with Gasteiger partial charge in [0.05, 0.1) is 10.4 Å². The van der Waals surface area contributed by atoms with E-state index in [1.165, 1.54) is 15.0 Å². The van der Waals surface area contributed by atoms with Crippen molar-refractivity contribution in [3.8, 4) is 11.4 Å². The molecule has 0 atom stereocenters. The molecule has 3 aromatic heterocycles. The van der Waals surface area contributed by atoms with E-state index in [-0.39, 0.29) is 5.69 Å². The summed E-state index contributed by atoms with van der Waals surface area (Å²) in [6.07, 6.45) is 3.27. The second-order valence-electron chi connectivity index (χ2n) is 5.64. The van der Waals surface area contributed by atoms with Gasteiger partial charge in [-0.15, -0.1) is 16.4 Å². The number of H-pyrrole nitrogens is 1. The number of nitrogens with zero attached hydrogens (tertiary/aromatic N) is 3. The van der Waals surface area contributed by atoms with Crippen LogP contribution >= 0.6 is 22.9 Å². The van der Waals surface area contributed by atoms with Gasteiger partial charge < -0.3 is 0 Å². The average molecular weight is 343 g/mol. The monoisotopic (exact) mass is 342 g/mol. The molecule has 114 valence electrons. The van der Waals surface area contributed by atoms with Crippen LogP contribution in [0.1, 0.15) is 16.9 Å². The SMILES string of the molecule is O=c1[nH]c2sc3c(c2c2nc(-c4ccccc4Cl)nn12)CCC3. The third-order valence-corrected chi connectivity index (χ3v) is 5.82. The third kappa shape index (κ3) is 1.82. The molecule has 1 aliphatic carbocycles. The van der Waals surface area contributed by atoms with Crippen molar-refractivity contribution in [3.05, 3.63) is 50.2 Å². The van der Waals surface area contributed by atoms with Gasteiger partial charge in [0, 0.05) is 10.4 Å². The molecule has 0 unspecified atom stereocenters. The van der Waals surface area contributed by atoms with Crippen LogP contribution in [0.5, 0.6) is 0 Å². The molecule has 0 fully saturated rings. The Hall–Kier alpha value is -2.18. The number of aromatic nitrogens is 4. The highest BCUT2D eigenvalue weighted by Crippen LogP contribution is 2.37. The summed E-state index contributed by atoms with van der Waals surface area (Å²) in [7, 11) is 0. The number of benzene rings is 1. The molecule has 5 rings (SSSR count). The first-order valence-corrected chi connectivity index (χ1v) is 8.60. The molecule has 5 nitrogen and oxygen atoms in total. The van der Waals surface area contributed by atoms with Gasteiger partial charge in [-0.05, 0) is 37.0 Å². The Labute approximate surface area is 139 Å². The summed E-state index contributed by atoms with van der Waals surface area (Å²) in [5, 5.41) is 5.99. The molecule has 0 aliphatic heterocycles. The smallest absolute Gasteiger partial charge is 0.297 e. The van der Waals surface area contributed by atoms with Crippen molar-refractivity contribution in [1.29, 1.82) is 0 Å². The van der Waals surface area contributed by atoms with Gasteiger partial charge in [-0.2, -0.15) is 4.52 Å². The quantitative estimate of drug-likeness (QED) is 0.576. The zero-order valence-electron chi connectivity index (χ0n) is 12.0. The van der Waals surface area contributed by atoms with Crippen LogP contribution in [0.2, 0.25) is 5.02 Å². The molecule has 23 heavy (non-hydrogen) atoms. The van der Waals surface area contributed by atoms with E-state index in [9.17, 15) is 4.79 Å². The number of halogens is 1. The number of aromatic amines is 1. The molecule has 0 saturated carbocycles. The zero-order valence-corrected chi connectivity index (χ0v) is 13.5. The Morgan fingerprint density at radius 2 is 2.13 bits per heavy atom. The van der Waals surface area contributed by atoms with E-state index < -0.39 is 0 Å². The maximum Gasteiger partial charge on any atom is 0.349 e. The van der Waals surface area contributed by atoms with Crippen LogP contribution in [-0.2, 0) is 12.8 Å². The first kappa shape index (κ1) is 13.3. The Bertz CT molecular complexity index is 1140. The van der Waals surface area contributed by atoms with Crippen LogP contribution < -0.4 is 5.69 Å². The molecule has 7 heteroatoms. The Balaban J connectivity index is 1.89. The second-order valence-corrected chi connectivity index (χ2v) is 7.15. The first-order chi connectivity index (χ1) is 11.2. The number of thiophene rings is 1. The van der Waals surface area contributed by atoms with Gasteiger partial charge in [0.15, 0.2) is 11.5 Å². The van der Waals surface area contributed by atoms with Crippen LogP contribution in [0.3, 0.4) is 0 Å². The van der Waals surface area contributed by atoms with Crippen molar-refractivity contribution >= 4 is 38.8 Å². The summed E-state index contributed by atoms with van der Waals surface area (Å²) >= 11 is 7.90. The minimum absolute atomic E-state index is 0.266. The summed E-state index contributed by atoms with van der Waals surface area (Å²) in [6, 6.07) is 7.40. The van der Waals surface area contributed by atoms with E-state index in [1.54, 1.807) is 17.4 Å². The molecule has 0 saturated heterocycles. The van der Waals surface area contributed by atoms with Gasteiger partial charge in [0.2, 0.25) is 0 Å². The molecule has 1 N–H and O–H groups in total. The van der Waals surface area contributed by atoms with Gasteiger partial charge in [-0.1, -0.05) is 23.7 Å². The second kappa shape index (κ2) is 4.66. The first-order valence-electron chi connectivity index (χ1n) is 7.40.